The van der Waals surface area contributed by atoms with E-state index in [1.165, 1.54) is 11.8 Å². The molecular weight excluding hydrogens is 730 g/mol. The molecule has 7 amide bonds. The molecule has 20 nitrogen and oxygen atoms in total. The van der Waals surface area contributed by atoms with Crippen LogP contribution in [0.3, 0.4) is 0 Å². The first-order valence-corrected chi connectivity index (χ1v) is 18.6. The molecule has 54 heavy (non-hydrogen) atoms. The summed E-state index contributed by atoms with van der Waals surface area (Å²) in [7, 11) is 0. The van der Waals surface area contributed by atoms with Crippen LogP contribution < -0.4 is 43.4 Å². The number of carbonyl (C=O) groups is 8. The first-order chi connectivity index (χ1) is 25.3. The molecular formula is C33H59N9O11S. The van der Waals surface area contributed by atoms with Gasteiger partial charge in [0.1, 0.15) is 48.3 Å². The van der Waals surface area contributed by atoms with Gasteiger partial charge in [0, 0.05) is 12.3 Å². The second-order valence-electron chi connectivity index (χ2n) is 13.8. The lowest BCUT2D eigenvalue weighted by molar-refractivity contribution is -0.143. The van der Waals surface area contributed by atoms with Gasteiger partial charge in [-0.05, 0) is 57.4 Å². The molecule has 1 rings (SSSR count). The van der Waals surface area contributed by atoms with Gasteiger partial charge in [-0.15, -0.1) is 0 Å². The zero-order chi connectivity index (χ0) is 41.3. The fourth-order valence-electron chi connectivity index (χ4n) is 5.48. The smallest absolute Gasteiger partial charge is 0.325 e. The van der Waals surface area contributed by atoms with Crippen LogP contribution in [0.5, 0.6) is 0 Å². The van der Waals surface area contributed by atoms with Crippen LogP contribution in [0.4, 0.5) is 0 Å². The van der Waals surface area contributed by atoms with Crippen LogP contribution in [-0.2, 0) is 38.4 Å². The maximum Gasteiger partial charge on any atom is 0.325 e. The predicted octanol–water partition coefficient (Wildman–Crippen LogP) is -4.33. The Labute approximate surface area is 320 Å². The molecule has 0 aromatic rings. The molecule has 1 aliphatic rings. The number of aliphatic hydroxyl groups excluding tert-OH is 2. The van der Waals surface area contributed by atoms with E-state index >= 15 is 0 Å². The number of amides is 7. The molecule has 8 atom stereocenters. The molecule has 8 unspecified atom stereocenters. The van der Waals surface area contributed by atoms with Gasteiger partial charge in [-0.3, -0.25) is 38.4 Å². The van der Waals surface area contributed by atoms with Crippen molar-refractivity contribution in [3.05, 3.63) is 0 Å². The van der Waals surface area contributed by atoms with E-state index < -0.39 is 121 Å². The van der Waals surface area contributed by atoms with Crippen LogP contribution in [0.25, 0.3) is 0 Å². The third-order valence-electron chi connectivity index (χ3n) is 8.79. The zero-order valence-electron chi connectivity index (χ0n) is 31.5. The Balaban J connectivity index is 3.09. The fourth-order valence-corrected chi connectivity index (χ4v) is 5.74. The molecule has 0 spiro atoms. The number of thiol groups is 1. The number of unbranched alkanes of at least 4 members (excludes halogenated alkanes) is 1. The van der Waals surface area contributed by atoms with Crippen molar-refractivity contribution in [3.63, 3.8) is 0 Å². The van der Waals surface area contributed by atoms with Crippen molar-refractivity contribution in [3.8, 4) is 0 Å². The fraction of sp³-hybridized carbons (Fsp3) is 0.758. The molecule has 0 saturated carbocycles. The van der Waals surface area contributed by atoms with Crippen molar-refractivity contribution < 1.29 is 53.7 Å². The van der Waals surface area contributed by atoms with Gasteiger partial charge in [-0.1, -0.05) is 27.7 Å². The average Bonchev–Trinajstić information content (AvgIpc) is 3.62. The molecule has 1 fully saturated rings. The number of carbonyl (C=O) groups excluding carboxylic acids is 7. The number of nitrogens with zero attached hydrogens (tertiary/aromatic N) is 1. The summed E-state index contributed by atoms with van der Waals surface area (Å²) >= 11 is 4.07. The topological polar surface area (TPSA) is 325 Å². The summed E-state index contributed by atoms with van der Waals surface area (Å²) in [5.41, 5.74) is 11.1. The van der Waals surface area contributed by atoms with Crippen molar-refractivity contribution in [1.82, 2.24) is 36.8 Å². The Bertz CT molecular complexity index is 1320. The first kappa shape index (κ1) is 48.0. The quantitative estimate of drug-likeness (QED) is 0.0345. The minimum Gasteiger partial charge on any atom is -0.480 e. The van der Waals surface area contributed by atoms with Crippen molar-refractivity contribution >= 4 is 59.9 Å². The minimum atomic E-state index is -1.52. The molecule has 21 heteroatoms. The molecule has 1 saturated heterocycles. The normalized spacial score (nSPS) is 18.0. The number of rotatable bonds is 23. The lowest BCUT2D eigenvalue weighted by Crippen LogP contribution is -2.61. The summed E-state index contributed by atoms with van der Waals surface area (Å²) in [6.07, 6.45) is 1.75. The van der Waals surface area contributed by atoms with Gasteiger partial charge in [0.15, 0.2) is 0 Å². The highest BCUT2D eigenvalue weighted by molar-refractivity contribution is 7.80. The van der Waals surface area contributed by atoms with E-state index in [0.29, 0.717) is 25.8 Å². The van der Waals surface area contributed by atoms with Gasteiger partial charge >= 0.3 is 5.97 Å². The standard InChI is InChI=1S/C33H59N9O11S/c1-16(2)24(40-28(47)22(15-54)39-26(45)19(35)13-43)31(50)38-21(14-44)32(51)42-12-8-10-23(42)29(48)41-25(17(3)4)30(49)37-20(9-6-7-11-34)27(46)36-18(5)33(52)53/h16-25,43-44,54H,6-15,34-35H2,1-5H3,(H,36,46)(H,37,49)(H,38,50)(H,39,45)(H,40,47)(H,41,48)(H,52,53). The molecule has 308 valence electrons. The number of carboxylic acids is 1. The number of aliphatic hydroxyl groups is 2. The molecule has 13 N–H and O–H groups in total. The summed E-state index contributed by atoms with van der Waals surface area (Å²) in [6.45, 7) is 6.75. The highest BCUT2D eigenvalue weighted by atomic mass is 32.1. The monoisotopic (exact) mass is 789 g/mol. The summed E-state index contributed by atoms with van der Waals surface area (Å²) in [5, 5.41) is 43.4. The van der Waals surface area contributed by atoms with Crippen LogP contribution in [-0.4, -0.2) is 148 Å². The van der Waals surface area contributed by atoms with Crippen molar-refractivity contribution in [2.75, 3.05) is 32.1 Å². The van der Waals surface area contributed by atoms with E-state index in [9.17, 15) is 48.6 Å². The van der Waals surface area contributed by atoms with Crippen molar-refractivity contribution in [2.45, 2.75) is 115 Å². The van der Waals surface area contributed by atoms with Gasteiger partial charge in [0.05, 0.1) is 13.2 Å². The van der Waals surface area contributed by atoms with E-state index in [1.807, 2.05) is 0 Å². The third-order valence-corrected chi connectivity index (χ3v) is 9.15. The number of hydrogen-bond acceptors (Lipinski definition) is 13. The van der Waals surface area contributed by atoms with Crippen LogP contribution >= 0.6 is 12.6 Å². The highest BCUT2D eigenvalue weighted by Gasteiger charge is 2.40. The number of carboxylic acid groups (broad SMARTS) is 1. The Morgan fingerprint density at radius 3 is 1.76 bits per heavy atom. The number of likely N-dealkylation sites (tertiary alicyclic amines) is 1. The van der Waals surface area contributed by atoms with Crippen LogP contribution in [0.1, 0.15) is 66.7 Å². The number of nitrogens with two attached hydrogens (primary N) is 2. The summed E-state index contributed by atoms with van der Waals surface area (Å²) in [5.74, 6) is -7.79. The third kappa shape index (κ3) is 14.6. The van der Waals surface area contributed by atoms with Gasteiger partial charge in [0.25, 0.3) is 0 Å². The molecule has 0 aromatic heterocycles. The molecule has 0 bridgehead atoms. The lowest BCUT2D eigenvalue weighted by atomic mass is 10.0. The van der Waals surface area contributed by atoms with Crippen LogP contribution in [0.2, 0.25) is 0 Å². The zero-order valence-corrected chi connectivity index (χ0v) is 32.4. The van der Waals surface area contributed by atoms with Gasteiger partial charge < -0.3 is 63.6 Å². The second-order valence-corrected chi connectivity index (χ2v) is 14.2. The first-order valence-electron chi connectivity index (χ1n) is 18.0. The Morgan fingerprint density at radius 1 is 0.722 bits per heavy atom. The van der Waals surface area contributed by atoms with E-state index in [-0.39, 0.29) is 25.1 Å². The van der Waals surface area contributed by atoms with Crippen LogP contribution in [0, 0.1) is 11.8 Å². The molecule has 1 heterocycles. The number of hydrogen-bond donors (Lipinski definition) is 12. The maximum absolute atomic E-state index is 13.7. The molecule has 0 aromatic carbocycles. The van der Waals surface area contributed by atoms with Gasteiger partial charge in [-0.2, -0.15) is 12.6 Å². The van der Waals surface area contributed by atoms with E-state index in [4.69, 9.17) is 16.6 Å². The van der Waals surface area contributed by atoms with Crippen molar-refractivity contribution in [2.24, 2.45) is 23.3 Å². The van der Waals surface area contributed by atoms with Crippen LogP contribution in [0.15, 0.2) is 0 Å². The largest absolute Gasteiger partial charge is 0.480 e. The second kappa shape index (κ2) is 23.7. The summed E-state index contributed by atoms with van der Waals surface area (Å²) in [6, 6.07) is -9.84. The molecule has 1 aliphatic heterocycles. The van der Waals surface area contributed by atoms with E-state index in [2.05, 4.69) is 44.5 Å². The van der Waals surface area contributed by atoms with Gasteiger partial charge in [0.2, 0.25) is 41.4 Å². The number of nitrogens with one attached hydrogen (secondary N) is 6. The Hall–Kier alpha value is -4.05. The van der Waals surface area contributed by atoms with E-state index in [0.717, 1.165) is 0 Å². The molecule has 0 aliphatic carbocycles. The summed E-state index contributed by atoms with van der Waals surface area (Å²) < 4.78 is 0. The van der Waals surface area contributed by atoms with Crippen molar-refractivity contribution in [1.29, 1.82) is 0 Å². The number of aliphatic carboxylic acids is 1. The minimum absolute atomic E-state index is 0.0939. The van der Waals surface area contributed by atoms with E-state index in [1.54, 1.807) is 27.7 Å². The average molecular weight is 790 g/mol. The maximum atomic E-state index is 13.7. The van der Waals surface area contributed by atoms with Gasteiger partial charge in [-0.25, -0.2) is 0 Å². The Morgan fingerprint density at radius 2 is 1.26 bits per heavy atom. The Kier molecular flexibility index (Phi) is 21.0. The molecule has 0 radical (unpaired) electrons. The lowest BCUT2D eigenvalue weighted by Gasteiger charge is -2.31. The summed E-state index contributed by atoms with van der Waals surface area (Å²) in [4.78, 5) is 105. The predicted molar refractivity (Wildman–Crippen MR) is 198 cm³/mol. The highest BCUT2D eigenvalue weighted by Crippen LogP contribution is 2.20. The SMILES string of the molecule is CC(NC(=O)C(CCCCN)NC(=O)C(NC(=O)C1CCCN1C(=O)C(CO)NC(=O)C(NC(=O)C(CS)NC(=O)C(N)CO)C(C)C)C(C)C)C(=O)O.